The van der Waals surface area contributed by atoms with Gasteiger partial charge in [0.15, 0.2) is 0 Å². The van der Waals surface area contributed by atoms with Gasteiger partial charge in [0.25, 0.3) is 5.91 Å². The number of hydrogen-bond donors (Lipinski definition) is 2. The lowest BCUT2D eigenvalue weighted by molar-refractivity contribution is -0.137. The summed E-state index contributed by atoms with van der Waals surface area (Å²) in [5, 5.41) is 9.91. The molecule has 1 unspecified atom stereocenters. The first-order valence-corrected chi connectivity index (χ1v) is 7.66. The second-order valence-electron chi connectivity index (χ2n) is 5.25. The molecule has 1 aliphatic rings. The van der Waals surface area contributed by atoms with Crippen LogP contribution in [0, 0.1) is 0 Å². The van der Waals surface area contributed by atoms with E-state index in [0.29, 0.717) is 12.2 Å². The van der Waals surface area contributed by atoms with Crippen molar-refractivity contribution in [2.24, 2.45) is 0 Å². The minimum Gasteiger partial charge on any atom is -0.481 e. The molecule has 5 nitrogen and oxygen atoms in total. The van der Waals surface area contributed by atoms with Crippen LogP contribution in [0.15, 0.2) is 28.7 Å². The van der Waals surface area contributed by atoms with E-state index in [1.807, 2.05) is 24.3 Å². The number of fused-ring (bicyclic) bond motifs is 1. The standard InChI is InChI=1S/C15H15BrN2O3/c16-13-10-5-1-2-6-11(10)17-14(13)15(21)18-7-3-4-9(18)8-12(19)20/h1-2,5-6,9,17H,3-4,7-8H2,(H,19,20). The highest BCUT2D eigenvalue weighted by atomic mass is 79.9. The maximum Gasteiger partial charge on any atom is 0.305 e. The summed E-state index contributed by atoms with van der Waals surface area (Å²) < 4.78 is 0.740. The number of halogens is 1. The first-order chi connectivity index (χ1) is 10.1. The second-order valence-corrected chi connectivity index (χ2v) is 6.05. The third-order valence-corrected chi connectivity index (χ3v) is 4.73. The number of para-hydroxylation sites is 1. The molecule has 1 saturated heterocycles. The number of carbonyl (C=O) groups excluding carboxylic acids is 1. The van der Waals surface area contributed by atoms with Crippen molar-refractivity contribution < 1.29 is 14.7 Å². The van der Waals surface area contributed by atoms with Crippen molar-refractivity contribution in [3.05, 3.63) is 34.4 Å². The number of hydrogen-bond acceptors (Lipinski definition) is 2. The Balaban J connectivity index is 1.93. The van der Waals surface area contributed by atoms with Crippen LogP contribution in [0.2, 0.25) is 0 Å². The van der Waals surface area contributed by atoms with Crippen molar-refractivity contribution in [1.29, 1.82) is 0 Å². The van der Waals surface area contributed by atoms with Gasteiger partial charge < -0.3 is 15.0 Å². The number of aliphatic carboxylic acids is 1. The maximum absolute atomic E-state index is 12.7. The Hall–Kier alpha value is -1.82. The normalized spacial score (nSPS) is 18.3. The molecule has 110 valence electrons. The number of rotatable bonds is 3. The van der Waals surface area contributed by atoms with Gasteiger partial charge in [-0.2, -0.15) is 0 Å². The molecule has 2 N–H and O–H groups in total. The van der Waals surface area contributed by atoms with E-state index < -0.39 is 5.97 Å². The number of likely N-dealkylation sites (tertiary alicyclic amines) is 1. The molecule has 0 saturated carbocycles. The summed E-state index contributed by atoms with van der Waals surface area (Å²) in [6.07, 6.45) is 1.60. The van der Waals surface area contributed by atoms with Gasteiger partial charge in [0, 0.05) is 23.5 Å². The predicted octanol–water partition coefficient (Wildman–Crippen LogP) is 3.01. The third kappa shape index (κ3) is 2.55. The highest BCUT2D eigenvalue weighted by Gasteiger charge is 2.32. The van der Waals surface area contributed by atoms with Gasteiger partial charge in [-0.05, 0) is 34.8 Å². The third-order valence-electron chi connectivity index (χ3n) is 3.90. The molecule has 21 heavy (non-hydrogen) atoms. The van der Waals surface area contributed by atoms with Crippen molar-refractivity contribution >= 4 is 38.7 Å². The lowest BCUT2D eigenvalue weighted by Crippen LogP contribution is -2.37. The van der Waals surface area contributed by atoms with Crippen molar-refractivity contribution in [1.82, 2.24) is 9.88 Å². The fourth-order valence-corrected chi connectivity index (χ4v) is 3.53. The molecule has 1 aromatic heterocycles. The number of amides is 1. The van der Waals surface area contributed by atoms with E-state index in [1.54, 1.807) is 4.90 Å². The first-order valence-electron chi connectivity index (χ1n) is 6.87. The van der Waals surface area contributed by atoms with Crippen molar-refractivity contribution in [2.45, 2.75) is 25.3 Å². The van der Waals surface area contributed by atoms with Gasteiger partial charge in [0.05, 0.1) is 10.9 Å². The van der Waals surface area contributed by atoms with Crippen molar-refractivity contribution in [3.8, 4) is 0 Å². The zero-order valence-corrected chi connectivity index (χ0v) is 12.9. The van der Waals surface area contributed by atoms with Crippen LogP contribution in [-0.2, 0) is 4.79 Å². The topological polar surface area (TPSA) is 73.4 Å². The van der Waals surface area contributed by atoms with Gasteiger partial charge in [0.2, 0.25) is 0 Å². The maximum atomic E-state index is 12.7. The van der Waals surface area contributed by atoms with Crippen LogP contribution >= 0.6 is 15.9 Å². The highest BCUT2D eigenvalue weighted by molar-refractivity contribution is 9.10. The Bertz CT molecular complexity index is 710. The molecule has 0 radical (unpaired) electrons. The highest BCUT2D eigenvalue weighted by Crippen LogP contribution is 2.30. The van der Waals surface area contributed by atoms with Crippen LogP contribution in [0.25, 0.3) is 10.9 Å². The number of nitrogens with one attached hydrogen (secondary N) is 1. The SMILES string of the molecule is O=C(O)CC1CCCN1C(=O)c1[nH]c2ccccc2c1Br. The monoisotopic (exact) mass is 350 g/mol. The molecule has 1 atom stereocenters. The molecule has 1 aromatic carbocycles. The van der Waals surface area contributed by atoms with Gasteiger partial charge in [-0.15, -0.1) is 0 Å². The number of aromatic amines is 1. The Kier molecular flexibility index (Phi) is 3.71. The van der Waals surface area contributed by atoms with Crippen LogP contribution in [0.3, 0.4) is 0 Å². The summed E-state index contributed by atoms with van der Waals surface area (Å²) in [6, 6.07) is 7.45. The first kappa shape index (κ1) is 14.1. The Morgan fingerprint density at radius 2 is 2.14 bits per heavy atom. The summed E-state index contributed by atoms with van der Waals surface area (Å²) in [4.78, 5) is 28.4. The molecule has 3 rings (SSSR count). The smallest absolute Gasteiger partial charge is 0.305 e. The predicted molar refractivity (Wildman–Crippen MR) is 82.3 cm³/mol. The van der Waals surface area contributed by atoms with E-state index in [4.69, 9.17) is 5.11 Å². The molecular weight excluding hydrogens is 336 g/mol. The van der Waals surface area contributed by atoms with E-state index in [9.17, 15) is 9.59 Å². The lowest BCUT2D eigenvalue weighted by atomic mass is 10.1. The van der Waals surface area contributed by atoms with E-state index in [2.05, 4.69) is 20.9 Å². The minimum absolute atomic E-state index is 0.00356. The van der Waals surface area contributed by atoms with Crippen LogP contribution in [0.5, 0.6) is 0 Å². The summed E-state index contributed by atoms with van der Waals surface area (Å²) in [7, 11) is 0. The molecule has 1 fully saturated rings. The molecular formula is C15H15BrN2O3. The van der Waals surface area contributed by atoms with Crippen LogP contribution < -0.4 is 0 Å². The Morgan fingerprint density at radius 1 is 1.38 bits per heavy atom. The van der Waals surface area contributed by atoms with Gasteiger partial charge in [-0.1, -0.05) is 18.2 Å². The number of H-pyrrole nitrogens is 1. The zero-order chi connectivity index (χ0) is 15.0. The molecule has 1 amide bonds. The van der Waals surface area contributed by atoms with E-state index in [-0.39, 0.29) is 18.4 Å². The fourth-order valence-electron chi connectivity index (χ4n) is 2.92. The van der Waals surface area contributed by atoms with Crippen molar-refractivity contribution in [2.75, 3.05) is 6.54 Å². The molecule has 2 heterocycles. The average molecular weight is 351 g/mol. The Labute approximate surface area is 130 Å². The second kappa shape index (κ2) is 5.52. The fraction of sp³-hybridized carbons (Fsp3) is 0.333. The zero-order valence-electron chi connectivity index (χ0n) is 11.3. The summed E-state index contributed by atoms with van der Waals surface area (Å²) >= 11 is 3.48. The summed E-state index contributed by atoms with van der Waals surface area (Å²) in [5.41, 5.74) is 1.38. The number of nitrogens with zero attached hydrogens (tertiary/aromatic N) is 1. The molecule has 0 aliphatic carbocycles. The number of benzene rings is 1. The van der Waals surface area contributed by atoms with Crippen LogP contribution in [0.1, 0.15) is 29.8 Å². The number of carboxylic acids is 1. The average Bonchev–Trinajstić information content (AvgIpc) is 3.03. The minimum atomic E-state index is -0.865. The molecule has 1 aliphatic heterocycles. The summed E-state index contributed by atoms with van der Waals surface area (Å²) in [6.45, 7) is 0.610. The van der Waals surface area contributed by atoms with Crippen molar-refractivity contribution in [3.63, 3.8) is 0 Å². The quantitative estimate of drug-likeness (QED) is 0.893. The van der Waals surface area contributed by atoms with E-state index in [0.717, 1.165) is 28.2 Å². The lowest BCUT2D eigenvalue weighted by Gasteiger charge is -2.23. The molecule has 0 bridgehead atoms. The van der Waals surface area contributed by atoms with E-state index in [1.165, 1.54) is 0 Å². The van der Waals surface area contributed by atoms with Crippen LogP contribution in [0.4, 0.5) is 0 Å². The molecule has 2 aromatic rings. The largest absolute Gasteiger partial charge is 0.481 e. The van der Waals surface area contributed by atoms with Crippen LogP contribution in [-0.4, -0.2) is 39.5 Å². The molecule has 0 spiro atoms. The molecule has 6 heteroatoms. The van der Waals surface area contributed by atoms with Gasteiger partial charge in [-0.25, -0.2) is 0 Å². The number of aromatic nitrogens is 1. The summed E-state index contributed by atoms with van der Waals surface area (Å²) in [5.74, 6) is -1.00. The van der Waals surface area contributed by atoms with E-state index >= 15 is 0 Å². The Morgan fingerprint density at radius 3 is 2.86 bits per heavy atom. The van der Waals surface area contributed by atoms with Gasteiger partial charge in [-0.3, -0.25) is 9.59 Å². The number of carboxylic acid groups (broad SMARTS) is 1. The number of carbonyl (C=O) groups is 2. The van der Waals surface area contributed by atoms with Gasteiger partial charge in [0.1, 0.15) is 5.69 Å². The van der Waals surface area contributed by atoms with Gasteiger partial charge >= 0.3 is 5.97 Å².